The number of hydrogen-bond acceptors (Lipinski definition) is 15. The topological polar surface area (TPSA) is 124 Å². The highest BCUT2D eigenvalue weighted by molar-refractivity contribution is 8.18. The zero-order valence-corrected chi connectivity index (χ0v) is 49.8. The average Bonchev–Trinajstić information content (AvgIpc) is 3.35. The number of fused-ring (bicyclic) bond motifs is 3. The van der Waals surface area contributed by atoms with Gasteiger partial charge in [0.1, 0.15) is 12.2 Å². The van der Waals surface area contributed by atoms with Gasteiger partial charge >= 0.3 is 8.56 Å². The van der Waals surface area contributed by atoms with Crippen LogP contribution in [0, 0.1) is 0 Å². The van der Waals surface area contributed by atoms with Gasteiger partial charge in [0.15, 0.2) is 0 Å². The first-order chi connectivity index (χ1) is 35.0. The van der Waals surface area contributed by atoms with E-state index in [-0.39, 0.29) is 85.4 Å². The summed E-state index contributed by atoms with van der Waals surface area (Å²) in [6.45, 7) is 24.4. The van der Waals surface area contributed by atoms with Gasteiger partial charge < -0.3 is 52.2 Å². The van der Waals surface area contributed by atoms with Gasteiger partial charge in [-0.2, -0.15) is 0 Å². The molecule has 6 aliphatic rings. The van der Waals surface area contributed by atoms with Crippen molar-refractivity contribution < 1.29 is 52.2 Å². The highest BCUT2D eigenvalue weighted by Crippen LogP contribution is 2.58. The van der Waals surface area contributed by atoms with E-state index < -0.39 is 26.9 Å². The minimum atomic E-state index is -2.68. The summed E-state index contributed by atoms with van der Waals surface area (Å²) in [4.78, 5) is 0. The van der Waals surface area contributed by atoms with Crippen LogP contribution in [-0.2, 0) is 55.2 Å². The second-order valence-corrected chi connectivity index (χ2v) is 34.8. The molecule has 0 aromatic heterocycles. The number of benzene rings is 2. The maximum atomic E-state index is 12.0. The molecule has 16 heteroatoms. The molecule has 11 nitrogen and oxygen atoms in total. The molecule has 2 aromatic carbocycles. The molecule has 73 heavy (non-hydrogen) atoms. The first kappa shape index (κ1) is 58.8. The summed E-state index contributed by atoms with van der Waals surface area (Å²) < 4.78 is 61.7. The minimum absolute atomic E-state index is 0.0322. The maximum Gasteiger partial charge on any atom is 0.349 e. The van der Waals surface area contributed by atoms with Crippen molar-refractivity contribution in [2.75, 3.05) is 36.2 Å². The highest BCUT2D eigenvalue weighted by atomic mass is 32.2. The van der Waals surface area contributed by atoms with Gasteiger partial charge in [-0.25, -0.2) is 0 Å². The monoisotopic (exact) mass is 1110 g/mol. The third-order valence-electron chi connectivity index (χ3n) is 16.0. The van der Waals surface area contributed by atoms with E-state index in [1.165, 1.54) is 0 Å². The van der Waals surface area contributed by atoms with Crippen LogP contribution in [0.15, 0.2) is 60.7 Å². The average molecular weight is 1110 g/mol. The van der Waals surface area contributed by atoms with Crippen molar-refractivity contribution in [3.05, 3.63) is 71.8 Å². The smallest absolute Gasteiger partial charge is 0.349 e. The Labute approximate surface area is 457 Å². The summed E-state index contributed by atoms with van der Waals surface area (Å²) in [5.74, 6) is 3.83. The summed E-state index contributed by atoms with van der Waals surface area (Å²) in [5, 5.41) is 23.5. The van der Waals surface area contributed by atoms with Crippen LogP contribution in [0.4, 0.5) is 0 Å². The van der Waals surface area contributed by atoms with Crippen molar-refractivity contribution in [1.82, 2.24) is 0 Å². The van der Waals surface area contributed by atoms with E-state index in [9.17, 15) is 10.2 Å². The zero-order valence-electron chi connectivity index (χ0n) is 45.6. The number of ether oxygens (including phenoxy) is 7. The molecule has 0 aliphatic carbocycles. The van der Waals surface area contributed by atoms with E-state index >= 15 is 0 Å². The molecule has 14 atom stereocenters. The van der Waals surface area contributed by atoms with Gasteiger partial charge in [0.25, 0.3) is 0 Å². The van der Waals surface area contributed by atoms with Crippen LogP contribution < -0.4 is 0 Å². The van der Waals surface area contributed by atoms with Crippen LogP contribution in [0.1, 0.15) is 138 Å². The standard InChI is InChI=1S/C57H90O11S4Si/c1-11-69-56(70-12-2)32-48-45(66-52(56)28-26-43-40(58)29-44(61-35-39-23-19-16-20-24-39)50(64-43)36-60-34-38-21-17-15-18-22-38)30-41(59)42(63-48)25-27-53-57(71-13-3,72-14-4)33-49-46(67-53)31-47-51(65-49)37-62-73(68-47,54(5,6)7)55(8,9)10/h15-24,40-53,58-59H,11-14,25-37H2,1-10H3/t40-,41-,42+,43+,44+,45+,46+,47-,48-,49-,50-,51+,52-,53-/m0/s1. The number of aliphatic hydroxyl groups is 2. The Morgan fingerprint density at radius 1 is 0.548 bits per heavy atom. The minimum Gasteiger partial charge on any atom is -0.391 e. The Balaban J connectivity index is 0.922. The van der Waals surface area contributed by atoms with Crippen LogP contribution >= 0.6 is 47.0 Å². The molecule has 2 N–H and O–H groups in total. The molecule has 0 unspecified atom stereocenters. The Kier molecular flexibility index (Phi) is 20.8. The van der Waals surface area contributed by atoms with Gasteiger partial charge in [-0.15, -0.1) is 47.0 Å². The fourth-order valence-corrected chi connectivity index (χ4v) is 24.5. The zero-order chi connectivity index (χ0) is 52.0. The lowest BCUT2D eigenvalue weighted by Crippen LogP contribution is -2.68. The molecule has 6 fully saturated rings. The summed E-state index contributed by atoms with van der Waals surface area (Å²) >= 11 is 7.91. The molecule has 6 saturated heterocycles. The van der Waals surface area contributed by atoms with Crippen molar-refractivity contribution in [1.29, 1.82) is 0 Å². The molecule has 6 aliphatic heterocycles. The largest absolute Gasteiger partial charge is 0.391 e. The van der Waals surface area contributed by atoms with Gasteiger partial charge in [0.05, 0.1) is 108 Å². The summed E-state index contributed by atoms with van der Waals surface area (Å²) in [6, 6.07) is 20.3. The quantitative estimate of drug-likeness (QED) is 0.0910. The van der Waals surface area contributed by atoms with E-state index in [1.807, 2.05) is 83.4 Å². The van der Waals surface area contributed by atoms with Crippen molar-refractivity contribution in [3.63, 3.8) is 0 Å². The Bertz CT molecular complexity index is 1950. The number of aliphatic hydroxyl groups excluding tert-OH is 2. The molecule has 0 spiro atoms. The lowest BCUT2D eigenvalue weighted by atomic mass is 9.86. The first-order valence-corrected chi connectivity index (χ1v) is 33.5. The molecule has 2 aromatic rings. The van der Waals surface area contributed by atoms with Gasteiger partial charge in [-0.3, -0.25) is 0 Å². The van der Waals surface area contributed by atoms with Crippen molar-refractivity contribution >= 4 is 55.6 Å². The Morgan fingerprint density at radius 3 is 1.58 bits per heavy atom. The van der Waals surface area contributed by atoms with Crippen molar-refractivity contribution in [2.45, 2.75) is 244 Å². The molecule has 412 valence electrons. The molecule has 8 rings (SSSR count). The summed E-state index contributed by atoms with van der Waals surface area (Å²) in [5.41, 5.74) is 2.18. The molecular weight excluding hydrogens is 1020 g/mol. The number of thioether (sulfide) groups is 4. The molecular formula is C57H90O11S4Si. The fraction of sp³-hybridized carbons (Fsp3) is 0.789. The van der Waals surface area contributed by atoms with Gasteiger partial charge in [-0.1, -0.05) is 130 Å². The Morgan fingerprint density at radius 2 is 1.04 bits per heavy atom. The molecule has 0 radical (unpaired) electrons. The molecule has 6 heterocycles. The molecule has 0 bridgehead atoms. The summed E-state index contributed by atoms with van der Waals surface area (Å²) in [6.07, 6.45) is 2.80. The Hall–Kier alpha value is -0.383. The van der Waals surface area contributed by atoms with E-state index in [1.54, 1.807) is 0 Å². The third kappa shape index (κ3) is 13.6. The van der Waals surface area contributed by atoms with E-state index in [4.69, 9.17) is 42.0 Å². The predicted molar refractivity (Wildman–Crippen MR) is 302 cm³/mol. The lowest BCUT2D eigenvalue weighted by molar-refractivity contribution is -0.243. The summed E-state index contributed by atoms with van der Waals surface area (Å²) in [7, 11) is -2.68. The van der Waals surface area contributed by atoms with Gasteiger partial charge in [-0.05, 0) is 59.8 Å². The maximum absolute atomic E-state index is 12.0. The van der Waals surface area contributed by atoms with Crippen LogP contribution in [0.2, 0.25) is 10.1 Å². The number of hydrogen-bond donors (Lipinski definition) is 2. The van der Waals surface area contributed by atoms with E-state index in [2.05, 4.69) is 93.5 Å². The fourth-order valence-electron chi connectivity index (χ4n) is 12.9. The predicted octanol–water partition coefficient (Wildman–Crippen LogP) is 11.7. The second-order valence-electron chi connectivity index (χ2n) is 23.1. The second kappa shape index (κ2) is 25.8. The van der Waals surface area contributed by atoms with Crippen molar-refractivity contribution in [2.24, 2.45) is 0 Å². The van der Waals surface area contributed by atoms with Crippen LogP contribution in [0.3, 0.4) is 0 Å². The first-order valence-electron chi connectivity index (χ1n) is 27.7. The van der Waals surface area contributed by atoms with Gasteiger partial charge in [0.2, 0.25) is 0 Å². The normalized spacial score (nSPS) is 35.1. The lowest BCUT2D eigenvalue weighted by Gasteiger charge is -2.58. The van der Waals surface area contributed by atoms with Crippen molar-refractivity contribution in [3.8, 4) is 0 Å². The molecule has 0 amide bonds. The SMILES string of the molecule is CCSC1(SCC)C[C@@H]2O[C@@H]3CO[Si](C(C)(C)C)(C(C)(C)C)O[C@H]3C[C@H]2O[C@H]1CC[C@H]1O[C@H]2CC(SCC)(SCC)[C@H](CC[C@H]3O[C@@H](COCc4ccccc4)[C@H](OCc4ccccc4)C[C@@H]3O)O[C@@H]2C[C@@H]1O. The van der Waals surface area contributed by atoms with Crippen LogP contribution in [0.25, 0.3) is 0 Å². The van der Waals surface area contributed by atoms with Gasteiger partial charge in [0, 0.05) is 42.2 Å². The van der Waals surface area contributed by atoms with Crippen LogP contribution in [0.5, 0.6) is 0 Å². The van der Waals surface area contributed by atoms with Crippen LogP contribution in [-0.4, -0.2) is 149 Å². The molecule has 0 saturated carbocycles. The van der Waals surface area contributed by atoms with E-state index in [0.717, 1.165) is 59.8 Å². The number of rotatable bonds is 21. The van der Waals surface area contributed by atoms with E-state index in [0.29, 0.717) is 58.5 Å². The highest BCUT2D eigenvalue weighted by Gasteiger charge is 2.64. The third-order valence-corrected chi connectivity index (χ3v) is 27.4.